The van der Waals surface area contributed by atoms with Gasteiger partial charge >= 0.3 is 6.61 Å². The van der Waals surface area contributed by atoms with E-state index in [1.165, 1.54) is 24.8 Å². The highest BCUT2D eigenvalue weighted by molar-refractivity contribution is 5.80. The third kappa shape index (κ3) is 6.14. The molecule has 0 saturated heterocycles. The van der Waals surface area contributed by atoms with Gasteiger partial charge in [-0.3, -0.25) is 4.79 Å². The van der Waals surface area contributed by atoms with Crippen LogP contribution in [0.3, 0.4) is 0 Å². The number of nitrogens with zero attached hydrogens (tertiary/aromatic N) is 1. The van der Waals surface area contributed by atoms with E-state index in [4.69, 9.17) is 4.84 Å². The third-order valence-corrected chi connectivity index (χ3v) is 4.04. The molecule has 0 radical (unpaired) electrons. The molecule has 0 spiro atoms. The van der Waals surface area contributed by atoms with Crippen LogP contribution in [0.15, 0.2) is 29.4 Å². The topological polar surface area (TPSA) is 59.9 Å². The Hall–Kier alpha value is -2.18. The number of amides is 1. The Bertz CT molecular complexity index is 549. The maximum Gasteiger partial charge on any atom is 0.387 e. The summed E-state index contributed by atoms with van der Waals surface area (Å²) in [7, 11) is 0. The van der Waals surface area contributed by atoms with Crippen LogP contribution in [-0.2, 0) is 9.63 Å². The molecule has 1 aliphatic carbocycles. The van der Waals surface area contributed by atoms with Crippen molar-refractivity contribution in [2.75, 3.05) is 6.61 Å². The SMILES string of the molecule is C[C@H]1CCCC[C@@H]1NC(=O)CO/N=C\c1ccc(OC(F)F)cc1. The molecule has 1 N–H and O–H groups in total. The zero-order chi connectivity index (χ0) is 17.4. The van der Waals surface area contributed by atoms with E-state index in [1.54, 1.807) is 12.1 Å². The molecule has 1 aliphatic rings. The van der Waals surface area contributed by atoms with Gasteiger partial charge in [0.1, 0.15) is 5.75 Å². The van der Waals surface area contributed by atoms with Gasteiger partial charge in [-0.2, -0.15) is 8.78 Å². The smallest absolute Gasteiger partial charge is 0.387 e. The van der Waals surface area contributed by atoms with Crippen molar-refractivity contribution in [2.24, 2.45) is 11.1 Å². The van der Waals surface area contributed by atoms with Crippen molar-refractivity contribution in [1.29, 1.82) is 0 Å². The number of hydrogen-bond donors (Lipinski definition) is 1. The normalized spacial score (nSPS) is 21.0. The van der Waals surface area contributed by atoms with Crippen molar-refractivity contribution < 1.29 is 23.1 Å². The molecule has 2 rings (SSSR count). The highest BCUT2D eigenvalue weighted by atomic mass is 19.3. The molecule has 1 aromatic carbocycles. The van der Waals surface area contributed by atoms with Gasteiger partial charge in [0.15, 0.2) is 6.61 Å². The molecule has 0 aromatic heterocycles. The molecule has 5 nitrogen and oxygen atoms in total. The van der Waals surface area contributed by atoms with Gasteiger partial charge in [-0.1, -0.05) is 24.9 Å². The predicted molar refractivity (Wildman–Crippen MR) is 86.2 cm³/mol. The number of oxime groups is 1. The molecule has 132 valence electrons. The van der Waals surface area contributed by atoms with E-state index >= 15 is 0 Å². The van der Waals surface area contributed by atoms with Crippen LogP contribution in [0.2, 0.25) is 0 Å². The summed E-state index contributed by atoms with van der Waals surface area (Å²) in [6, 6.07) is 6.15. The quantitative estimate of drug-likeness (QED) is 0.612. The number of hydrogen-bond acceptors (Lipinski definition) is 4. The van der Waals surface area contributed by atoms with E-state index in [9.17, 15) is 13.6 Å². The molecule has 0 bridgehead atoms. The number of carbonyl (C=O) groups is 1. The zero-order valence-electron chi connectivity index (χ0n) is 13.6. The number of alkyl halides is 2. The fourth-order valence-corrected chi connectivity index (χ4v) is 2.71. The summed E-state index contributed by atoms with van der Waals surface area (Å²) in [6.07, 6.45) is 5.90. The van der Waals surface area contributed by atoms with Crippen LogP contribution >= 0.6 is 0 Å². The molecule has 7 heteroatoms. The minimum atomic E-state index is -2.85. The number of nitrogens with one attached hydrogen (secondary N) is 1. The number of halogens is 2. The van der Waals surface area contributed by atoms with Crippen LogP contribution in [-0.4, -0.2) is 31.4 Å². The largest absolute Gasteiger partial charge is 0.435 e. The van der Waals surface area contributed by atoms with Crippen LogP contribution < -0.4 is 10.1 Å². The molecular weight excluding hydrogens is 318 g/mol. The summed E-state index contributed by atoms with van der Waals surface area (Å²) >= 11 is 0. The Balaban J connectivity index is 1.70. The fraction of sp³-hybridized carbons (Fsp3) is 0.529. The van der Waals surface area contributed by atoms with Gasteiger partial charge in [0, 0.05) is 6.04 Å². The molecule has 1 amide bonds. The van der Waals surface area contributed by atoms with Gasteiger partial charge in [0.25, 0.3) is 5.91 Å². The van der Waals surface area contributed by atoms with Crippen molar-refractivity contribution in [2.45, 2.75) is 45.3 Å². The van der Waals surface area contributed by atoms with E-state index in [-0.39, 0.29) is 24.3 Å². The maximum absolute atomic E-state index is 12.0. The first-order valence-electron chi connectivity index (χ1n) is 8.04. The minimum Gasteiger partial charge on any atom is -0.435 e. The Morgan fingerprint density at radius 3 is 2.71 bits per heavy atom. The first-order valence-corrected chi connectivity index (χ1v) is 8.04. The minimum absolute atomic E-state index is 0.0732. The van der Waals surface area contributed by atoms with Gasteiger partial charge in [-0.25, -0.2) is 0 Å². The maximum atomic E-state index is 12.0. The fourth-order valence-electron chi connectivity index (χ4n) is 2.71. The number of carbonyl (C=O) groups excluding carboxylic acids is 1. The second-order valence-corrected chi connectivity index (χ2v) is 5.89. The van der Waals surface area contributed by atoms with Crippen LogP contribution in [0.1, 0.15) is 38.2 Å². The standard InChI is InChI=1S/C17H22F2N2O3/c1-12-4-2-3-5-15(12)21-16(22)11-23-20-10-13-6-8-14(9-7-13)24-17(18)19/h6-10,12,15,17H,2-5,11H2,1H3,(H,21,22)/b20-10-/t12-,15-/m0/s1. The Morgan fingerprint density at radius 2 is 2.04 bits per heavy atom. The predicted octanol–water partition coefficient (Wildman–Crippen LogP) is 3.33. The van der Waals surface area contributed by atoms with Crippen LogP contribution in [0.25, 0.3) is 0 Å². The van der Waals surface area contributed by atoms with E-state index in [1.807, 2.05) is 0 Å². The van der Waals surface area contributed by atoms with E-state index in [2.05, 4.69) is 22.1 Å². The summed E-state index contributed by atoms with van der Waals surface area (Å²) in [5, 5.41) is 6.68. The second kappa shape index (κ2) is 9.20. The highest BCUT2D eigenvalue weighted by Gasteiger charge is 2.22. The number of benzene rings is 1. The van der Waals surface area contributed by atoms with Crippen molar-refractivity contribution >= 4 is 12.1 Å². The first kappa shape index (κ1) is 18.2. The molecule has 1 saturated carbocycles. The Labute approximate surface area is 140 Å². The average molecular weight is 340 g/mol. The van der Waals surface area contributed by atoms with Crippen LogP contribution in [0, 0.1) is 5.92 Å². The molecule has 24 heavy (non-hydrogen) atoms. The first-order chi connectivity index (χ1) is 11.5. The van der Waals surface area contributed by atoms with E-state index < -0.39 is 6.61 Å². The number of rotatable bonds is 7. The third-order valence-electron chi connectivity index (χ3n) is 4.04. The van der Waals surface area contributed by atoms with Gasteiger partial charge in [0.05, 0.1) is 6.21 Å². The summed E-state index contributed by atoms with van der Waals surface area (Å²) in [4.78, 5) is 16.8. The van der Waals surface area contributed by atoms with Gasteiger partial charge in [-0.05, 0) is 48.6 Å². The molecule has 2 atom stereocenters. The molecule has 0 aliphatic heterocycles. The highest BCUT2D eigenvalue weighted by Crippen LogP contribution is 2.23. The molecule has 1 aromatic rings. The average Bonchev–Trinajstić information content (AvgIpc) is 2.55. The van der Waals surface area contributed by atoms with Gasteiger partial charge in [0.2, 0.25) is 0 Å². The lowest BCUT2D eigenvalue weighted by Crippen LogP contribution is -2.42. The second-order valence-electron chi connectivity index (χ2n) is 5.89. The van der Waals surface area contributed by atoms with Crippen LogP contribution in [0.4, 0.5) is 8.78 Å². The molecule has 0 heterocycles. The van der Waals surface area contributed by atoms with Crippen LogP contribution in [0.5, 0.6) is 5.75 Å². The van der Waals surface area contributed by atoms with Gasteiger partial charge < -0.3 is 14.9 Å². The Morgan fingerprint density at radius 1 is 1.33 bits per heavy atom. The van der Waals surface area contributed by atoms with Crippen molar-refractivity contribution in [3.8, 4) is 5.75 Å². The zero-order valence-corrected chi connectivity index (χ0v) is 13.6. The summed E-state index contributed by atoms with van der Waals surface area (Å²) in [5.74, 6) is 0.371. The monoisotopic (exact) mass is 340 g/mol. The van der Waals surface area contributed by atoms with Crippen molar-refractivity contribution in [3.05, 3.63) is 29.8 Å². The summed E-state index contributed by atoms with van der Waals surface area (Å²) in [6.45, 7) is -0.852. The summed E-state index contributed by atoms with van der Waals surface area (Å²) in [5.41, 5.74) is 0.651. The lowest BCUT2D eigenvalue weighted by Gasteiger charge is -2.29. The number of ether oxygens (including phenoxy) is 1. The molecule has 1 fully saturated rings. The van der Waals surface area contributed by atoms with E-state index in [0.717, 1.165) is 19.3 Å². The van der Waals surface area contributed by atoms with Crippen molar-refractivity contribution in [3.63, 3.8) is 0 Å². The molecule has 0 unspecified atom stereocenters. The van der Waals surface area contributed by atoms with E-state index in [0.29, 0.717) is 11.5 Å². The lowest BCUT2D eigenvalue weighted by molar-refractivity contribution is -0.126. The lowest BCUT2D eigenvalue weighted by atomic mass is 9.86. The molecular formula is C17H22F2N2O3. The Kier molecular flexibility index (Phi) is 6.96. The summed E-state index contributed by atoms with van der Waals surface area (Å²) < 4.78 is 28.3. The van der Waals surface area contributed by atoms with Gasteiger partial charge in [-0.15, -0.1) is 0 Å². The van der Waals surface area contributed by atoms with Crippen molar-refractivity contribution in [1.82, 2.24) is 5.32 Å².